The van der Waals surface area contributed by atoms with Gasteiger partial charge in [-0.05, 0) is 43.9 Å². The fourth-order valence-electron chi connectivity index (χ4n) is 3.10. The normalized spacial score (nSPS) is 22.3. The molecule has 1 unspecified atom stereocenters. The van der Waals surface area contributed by atoms with Crippen molar-refractivity contribution in [2.75, 3.05) is 33.9 Å². The van der Waals surface area contributed by atoms with E-state index in [4.69, 9.17) is 9.47 Å². The lowest BCUT2D eigenvalue weighted by Crippen LogP contribution is -2.31. The van der Waals surface area contributed by atoms with Crippen molar-refractivity contribution in [2.24, 2.45) is 5.92 Å². The molecule has 2 aliphatic rings. The van der Waals surface area contributed by atoms with Crippen LogP contribution in [0.5, 0.6) is 11.5 Å². The third-order valence-corrected chi connectivity index (χ3v) is 6.05. The maximum absolute atomic E-state index is 12.6. The molecule has 1 aliphatic carbocycles. The third kappa shape index (κ3) is 3.79. The monoisotopic (exact) mass is 340 g/mol. The number of rotatable bonds is 7. The van der Waals surface area contributed by atoms with Gasteiger partial charge in [0.2, 0.25) is 10.0 Å². The van der Waals surface area contributed by atoms with E-state index in [0.29, 0.717) is 24.0 Å². The first kappa shape index (κ1) is 16.5. The van der Waals surface area contributed by atoms with Crippen molar-refractivity contribution in [1.82, 2.24) is 9.62 Å². The maximum Gasteiger partial charge on any atom is 0.244 e. The Morgan fingerprint density at radius 3 is 2.65 bits per heavy atom. The van der Waals surface area contributed by atoms with Gasteiger partial charge in [0.1, 0.15) is 16.4 Å². The van der Waals surface area contributed by atoms with Crippen LogP contribution < -0.4 is 14.2 Å². The van der Waals surface area contributed by atoms with E-state index in [9.17, 15) is 8.42 Å². The second kappa shape index (κ2) is 6.67. The van der Waals surface area contributed by atoms with E-state index in [1.165, 1.54) is 33.1 Å². The van der Waals surface area contributed by atoms with Gasteiger partial charge in [-0.25, -0.2) is 13.1 Å². The van der Waals surface area contributed by atoms with E-state index in [-0.39, 0.29) is 4.90 Å². The zero-order chi connectivity index (χ0) is 16.4. The lowest BCUT2D eigenvalue weighted by atomic mass is 10.1. The molecule has 23 heavy (non-hydrogen) atoms. The van der Waals surface area contributed by atoms with E-state index in [1.807, 2.05) is 0 Å². The molecule has 1 aromatic carbocycles. The Morgan fingerprint density at radius 1 is 1.22 bits per heavy atom. The summed E-state index contributed by atoms with van der Waals surface area (Å²) in [5.74, 6) is 1.19. The molecule has 0 amide bonds. The fourth-order valence-corrected chi connectivity index (χ4v) is 4.40. The van der Waals surface area contributed by atoms with Crippen molar-refractivity contribution in [3.8, 4) is 11.5 Å². The Balaban J connectivity index is 1.66. The van der Waals surface area contributed by atoms with Crippen molar-refractivity contribution >= 4 is 10.0 Å². The van der Waals surface area contributed by atoms with Crippen LogP contribution in [0, 0.1) is 5.92 Å². The number of ether oxygens (including phenoxy) is 2. The summed E-state index contributed by atoms with van der Waals surface area (Å²) in [5, 5.41) is 0. The summed E-state index contributed by atoms with van der Waals surface area (Å²) in [4.78, 5) is 2.60. The Kier molecular flexibility index (Phi) is 4.79. The second-order valence-electron chi connectivity index (χ2n) is 6.25. The van der Waals surface area contributed by atoms with E-state index in [0.717, 1.165) is 25.6 Å². The van der Waals surface area contributed by atoms with Crippen molar-refractivity contribution in [1.29, 1.82) is 0 Å². The van der Waals surface area contributed by atoms with Crippen LogP contribution in [0.15, 0.2) is 23.1 Å². The molecule has 1 aromatic rings. The first-order valence-electron chi connectivity index (χ1n) is 7.99. The smallest absolute Gasteiger partial charge is 0.244 e. The van der Waals surface area contributed by atoms with Crippen molar-refractivity contribution in [3.05, 3.63) is 18.2 Å². The molecule has 0 radical (unpaired) electrons. The second-order valence-corrected chi connectivity index (χ2v) is 7.98. The quantitative estimate of drug-likeness (QED) is 0.814. The number of nitrogens with zero attached hydrogens (tertiary/aromatic N) is 1. The molecule has 1 heterocycles. The van der Waals surface area contributed by atoms with Crippen LogP contribution in [0.2, 0.25) is 0 Å². The molecule has 6 nitrogen and oxygen atoms in total. The zero-order valence-electron chi connectivity index (χ0n) is 13.6. The van der Waals surface area contributed by atoms with Crippen molar-refractivity contribution in [2.45, 2.75) is 30.2 Å². The first-order chi connectivity index (χ1) is 11.0. The Labute approximate surface area is 137 Å². The standard InChI is InChI=1S/C16H24N2O4S/c1-21-14-5-6-15(22-2)16(9-14)23(19,20)17-10-12-7-8-18(11-12)13-3-4-13/h5-6,9,12-13,17H,3-4,7-8,10-11H2,1-2H3. The van der Waals surface area contributed by atoms with E-state index in [2.05, 4.69) is 9.62 Å². The number of likely N-dealkylation sites (tertiary alicyclic amines) is 1. The van der Waals surface area contributed by atoms with Crippen LogP contribution in [0.3, 0.4) is 0 Å². The predicted octanol–water partition coefficient (Wildman–Crippen LogP) is 1.47. The topological polar surface area (TPSA) is 67.9 Å². The molecule has 128 valence electrons. The molecule has 1 aliphatic heterocycles. The van der Waals surface area contributed by atoms with Crippen LogP contribution in [0.1, 0.15) is 19.3 Å². The van der Waals surface area contributed by atoms with E-state index >= 15 is 0 Å². The van der Waals surface area contributed by atoms with E-state index < -0.39 is 10.0 Å². The largest absolute Gasteiger partial charge is 0.497 e. The van der Waals surface area contributed by atoms with Gasteiger partial charge in [-0.1, -0.05) is 0 Å². The van der Waals surface area contributed by atoms with E-state index in [1.54, 1.807) is 12.1 Å². The third-order valence-electron chi connectivity index (χ3n) is 4.60. The molecular weight excluding hydrogens is 316 g/mol. The first-order valence-corrected chi connectivity index (χ1v) is 9.47. The highest BCUT2D eigenvalue weighted by Crippen LogP contribution is 2.32. The summed E-state index contributed by atoms with van der Waals surface area (Å²) in [6.07, 6.45) is 3.63. The number of hydrogen-bond donors (Lipinski definition) is 1. The van der Waals surface area contributed by atoms with Crippen LogP contribution in [-0.2, 0) is 10.0 Å². The van der Waals surface area contributed by atoms with Crippen molar-refractivity contribution in [3.63, 3.8) is 0 Å². The minimum atomic E-state index is -3.62. The molecule has 7 heteroatoms. The maximum atomic E-state index is 12.6. The number of methoxy groups -OCH3 is 2. The molecule has 1 saturated heterocycles. The van der Waals surface area contributed by atoms with Gasteiger partial charge in [0.25, 0.3) is 0 Å². The van der Waals surface area contributed by atoms with Gasteiger partial charge >= 0.3 is 0 Å². The lowest BCUT2D eigenvalue weighted by molar-refractivity contribution is 0.314. The summed E-state index contributed by atoms with van der Waals surface area (Å²) >= 11 is 0. The highest BCUT2D eigenvalue weighted by molar-refractivity contribution is 7.89. The minimum Gasteiger partial charge on any atom is -0.497 e. The molecular formula is C16H24N2O4S. The highest BCUT2D eigenvalue weighted by Gasteiger charge is 2.34. The Bertz CT molecular complexity index is 658. The zero-order valence-corrected chi connectivity index (χ0v) is 14.4. The van der Waals surface area contributed by atoms with Gasteiger partial charge in [0.05, 0.1) is 14.2 Å². The SMILES string of the molecule is COc1ccc(OC)c(S(=O)(=O)NCC2CCN(C3CC3)C2)c1. The molecule has 1 atom stereocenters. The van der Waals surface area contributed by atoms with Crippen LogP contribution >= 0.6 is 0 Å². The van der Waals surface area contributed by atoms with Crippen LogP contribution in [-0.4, -0.2) is 53.2 Å². The lowest BCUT2D eigenvalue weighted by Gasteiger charge is -2.16. The Morgan fingerprint density at radius 2 is 2.00 bits per heavy atom. The molecule has 0 aromatic heterocycles. The van der Waals surface area contributed by atoms with Crippen LogP contribution in [0.25, 0.3) is 0 Å². The van der Waals surface area contributed by atoms with Gasteiger partial charge in [-0.15, -0.1) is 0 Å². The van der Waals surface area contributed by atoms with Gasteiger partial charge in [-0.3, -0.25) is 0 Å². The van der Waals surface area contributed by atoms with Gasteiger partial charge in [0, 0.05) is 25.2 Å². The average molecular weight is 340 g/mol. The number of benzene rings is 1. The fraction of sp³-hybridized carbons (Fsp3) is 0.625. The van der Waals surface area contributed by atoms with Gasteiger partial charge in [0.15, 0.2) is 0 Å². The molecule has 1 saturated carbocycles. The Hall–Kier alpha value is -1.31. The van der Waals surface area contributed by atoms with Gasteiger partial charge < -0.3 is 14.4 Å². The molecule has 1 N–H and O–H groups in total. The summed E-state index contributed by atoms with van der Waals surface area (Å²) in [7, 11) is -0.645. The number of hydrogen-bond acceptors (Lipinski definition) is 5. The summed E-state index contributed by atoms with van der Waals surface area (Å²) in [5.41, 5.74) is 0. The van der Waals surface area contributed by atoms with Crippen molar-refractivity contribution < 1.29 is 17.9 Å². The number of sulfonamides is 1. The molecule has 0 spiro atoms. The average Bonchev–Trinajstić information content (AvgIpc) is 3.31. The summed E-state index contributed by atoms with van der Waals surface area (Å²) in [6, 6.07) is 5.53. The van der Waals surface area contributed by atoms with Crippen LogP contribution in [0.4, 0.5) is 0 Å². The predicted molar refractivity (Wildman–Crippen MR) is 87.4 cm³/mol. The molecule has 0 bridgehead atoms. The van der Waals surface area contributed by atoms with Gasteiger partial charge in [-0.2, -0.15) is 0 Å². The molecule has 3 rings (SSSR count). The number of nitrogens with one attached hydrogen (secondary N) is 1. The molecule has 2 fully saturated rings. The highest BCUT2D eigenvalue weighted by atomic mass is 32.2. The minimum absolute atomic E-state index is 0.122. The summed E-state index contributed by atoms with van der Waals surface area (Å²) in [6.45, 7) is 2.54. The summed E-state index contributed by atoms with van der Waals surface area (Å²) < 4.78 is 38.2.